The van der Waals surface area contributed by atoms with Crippen LogP contribution >= 0.6 is 0 Å². The summed E-state index contributed by atoms with van der Waals surface area (Å²) < 4.78 is 26.1. The van der Waals surface area contributed by atoms with Crippen molar-refractivity contribution in [3.8, 4) is 0 Å². The van der Waals surface area contributed by atoms with E-state index < -0.39 is 0 Å². The van der Waals surface area contributed by atoms with Crippen LogP contribution in [0.5, 0.6) is 0 Å². The molecule has 1 aliphatic carbocycles. The Morgan fingerprint density at radius 2 is 1.79 bits per heavy atom. The lowest BCUT2D eigenvalue weighted by molar-refractivity contribution is -0.229. The number of aliphatic hydroxyl groups is 1. The summed E-state index contributed by atoms with van der Waals surface area (Å²) in [5.74, 6) is 1.55. The van der Waals surface area contributed by atoms with Crippen LogP contribution in [0, 0.1) is 23.6 Å². The van der Waals surface area contributed by atoms with Crippen LogP contribution in [-0.4, -0.2) is 31.2 Å². The summed E-state index contributed by atoms with van der Waals surface area (Å²) >= 11 is 0. The van der Waals surface area contributed by atoms with E-state index in [0.717, 1.165) is 57.3 Å². The molecule has 0 radical (unpaired) electrons. The molecule has 1 saturated heterocycles. The van der Waals surface area contributed by atoms with Crippen molar-refractivity contribution in [3.63, 3.8) is 0 Å². The second kappa shape index (κ2) is 11.1. The number of hydrogen-bond donors (Lipinski definition) is 1. The quantitative estimate of drug-likeness (QED) is 0.599. The maximum Gasteiger partial charge on any atom is 0.160 e. The first-order valence-corrected chi connectivity index (χ1v) is 10.9. The van der Waals surface area contributed by atoms with E-state index in [4.69, 9.17) is 14.6 Å². The number of halogens is 1. The van der Waals surface area contributed by atoms with Gasteiger partial charge >= 0.3 is 0 Å². The van der Waals surface area contributed by atoms with Crippen LogP contribution in [0.4, 0.5) is 4.39 Å². The zero-order valence-electron chi connectivity index (χ0n) is 17.0. The van der Waals surface area contributed by atoms with Crippen LogP contribution < -0.4 is 0 Å². The van der Waals surface area contributed by atoms with Crippen LogP contribution in [0.2, 0.25) is 0 Å². The van der Waals surface area contributed by atoms with Gasteiger partial charge in [-0.2, -0.15) is 0 Å². The minimum Gasteiger partial charge on any atom is -0.396 e. The first kappa shape index (κ1) is 21.5. The molecule has 0 spiro atoms. The monoisotopic (exact) mass is 390 g/mol. The third-order valence-electron chi connectivity index (χ3n) is 6.39. The van der Waals surface area contributed by atoms with Gasteiger partial charge in [0, 0.05) is 18.4 Å². The molecule has 1 aromatic carbocycles. The van der Waals surface area contributed by atoms with E-state index in [1.165, 1.54) is 12.8 Å². The van der Waals surface area contributed by atoms with E-state index in [0.29, 0.717) is 29.7 Å². The molecule has 0 aromatic heterocycles. The van der Waals surface area contributed by atoms with E-state index in [2.05, 4.69) is 6.58 Å². The summed E-state index contributed by atoms with van der Waals surface area (Å²) in [6.45, 7) is 5.40. The number of aryl methyl sites for hydroxylation is 1. The molecule has 1 N–H and O–H groups in total. The number of aliphatic hydroxyl groups excluding tert-OH is 1. The highest BCUT2D eigenvalue weighted by molar-refractivity contribution is 5.24. The van der Waals surface area contributed by atoms with E-state index in [9.17, 15) is 4.39 Å². The van der Waals surface area contributed by atoms with Crippen LogP contribution in [0.15, 0.2) is 30.9 Å². The van der Waals surface area contributed by atoms with Crippen molar-refractivity contribution in [3.05, 3.63) is 47.8 Å². The second-order valence-corrected chi connectivity index (χ2v) is 8.49. The lowest BCUT2D eigenvalue weighted by Gasteiger charge is -2.37. The van der Waals surface area contributed by atoms with Crippen molar-refractivity contribution in [2.75, 3.05) is 19.8 Å². The van der Waals surface area contributed by atoms with Gasteiger partial charge in [0.1, 0.15) is 5.82 Å². The molecular weight excluding hydrogens is 355 g/mol. The summed E-state index contributed by atoms with van der Waals surface area (Å²) in [5.41, 5.74) is 1.66. The Morgan fingerprint density at radius 1 is 1.04 bits per heavy atom. The summed E-state index contributed by atoms with van der Waals surface area (Å²) in [6.07, 6.45) is 11.2. The highest BCUT2D eigenvalue weighted by Gasteiger charge is 2.32. The Morgan fingerprint density at radius 3 is 2.43 bits per heavy atom. The molecule has 0 amide bonds. The third-order valence-corrected chi connectivity index (χ3v) is 6.39. The van der Waals surface area contributed by atoms with Crippen LogP contribution in [0.3, 0.4) is 0 Å². The topological polar surface area (TPSA) is 38.7 Å². The zero-order chi connectivity index (χ0) is 19.8. The Balaban J connectivity index is 1.37. The van der Waals surface area contributed by atoms with Crippen LogP contribution in [-0.2, 0) is 22.3 Å². The van der Waals surface area contributed by atoms with Crippen molar-refractivity contribution in [1.29, 1.82) is 0 Å². The fourth-order valence-electron chi connectivity index (χ4n) is 4.54. The molecule has 156 valence electrons. The molecule has 4 heteroatoms. The predicted octanol–water partition coefficient (Wildman–Crippen LogP) is 5.05. The minimum absolute atomic E-state index is 0.0105. The summed E-state index contributed by atoms with van der Waals surface area (Å²) in [5, 5.41) is 8.96. The Labute approximate surface area is 168 Å². The lowest BCUT2D eigenvalue weighted by atomic mass is 9.79. The first-order valence-electron chi connectivity index (χ1n) is 10.9. The standard InChI is InChI=1S/C24H35FO3/c1-2-3-4-20-16-27-24(28-17-20)22-11-7-18(8-12-22)5-6-19-9-10-21(13-14-26)23(25)15-19/h2,9-10,15,18,20,22,24,26H,1,3-8,11-14,16-17H2. The van der Waals surface area contributed by atoms with E-state index in [1.54, 1.807) is 6.07 Å². The molecule has 1 saturated carbocycles. The largest absolute Gasteiger partial charge is 0.396 e. The maximum atomic E-state index is 14.0. The number of allylic oxidation sites excluding steroid dienone is 1. The molecule has 1 aromatic rings. The van der Waals surface area contributed by atoms with Crippen molar-refractivity contribution in [2.45, 2.75) is 64.1 Å². The second-order valence-electron chi connectivity index (χ2n) is 8.49. The molecule has 3 nitrogen and oxygen atoms in total. The van der Waals surface area contributed by atoms with Crippen molar-refractivity contribution < 1.29 is 19.0 Å². The van der Waals surface area contributed by atoms with Gasteiger partial charge in [0.2, 0.25) is 0 Å². The molecule has 0 bridgehead atoms. The van der Waals surface area contributed by atoms with Gasteiger partial charge in [-0.15, -0.1) is 6.58 Å². The molecule has 1 heterocycles. The van der Waals surface area contributed by atoms with Gasteiger partial charge in [-0.3, -0.25) is 0 Å². The average Bonchev–Trinajstić information content (AvgIpc) is 2.73. The lowest BCUT2D eigenvalue weighted by Crippen LogP contribution is -2.38. The summed E-state index contributed by atoms with van der Waals surface area (Å²) in [6, 6.07) is 5.47. The van der Waals surface area contributed by atoms with E-state index in [-0.39, 0.29) is 18.7 Å². The van der Waals surface area contributed by atoms with Crippen LogP contribution in [0.1, 0.15) is 56.1 Å². The first-order chi connectivity index (χ1) is 13.7. The molecular formula is C24H35FO3. The smallest absolute Gasteiger partial charge is 0.160 e. The Bertz CT molecular complexity index is 602. The molecule has 0 unspecified atom stereocenters. The number of ether oxygens (including phenoxy) is 2. The summed E-state index contributed by atoms with van der Waals surface area (Å²) in [4.78, 5) is 0. The van der Waals surface area contributed by atoms with Crippen molar-refractivity contribution in [2.24, 2.45) is 17.8 Å². The normalized spacial score (nSPS) is 28.2. The molecule has 0 atom stereocenters. The fraction of sp³-hybridized carbons (Fsp3) is 0.667. The van der Waals surface area contributed by atoms with Gasteiger partial charge < -0.3 is 14.6 Å². The average molecular weight is 391 g/mol. The highest BCUT2D eigenvalue weighted by atomic mass is 19.1. The van der Waals surface area contributed by atoms with Gasteiger partial charge in [0.05, 0.1) is 13.2 Å². The number of benzene rings is 1. The van der Waals surface area contributed by atoms with Crippen molar-refractivity contribution >= 4 is 0 Å². The highest BCUT2D eigenvalue weighted by Crippen LogP contribution is 2.36. The Kier molecular flexibility index (Phi) is 8.50. The summed E-state index contributed by atoms with van der Waals surface area (Å²) in [7, 11) is 0. The maximum absolute atomic E-state index is 14.0. The molecule has 28 heavy (non-hydrogen) atoms. The molecule has 3 rings (SSSR count). The zero-order valence-corrected chi connectivity index (χ0v) is 17.0. The Hall–Kier alpha value is -1.23. The SMILES string of the molecule is C=CCCC1COC(C2CCC(CCc3ccc(CCO)c(F)c3)CC2)OC1. The van der Waals surface area contributed by atoms with Gasteiger partial charge in [-0.25, -0.2) is 4.39 Å². The van der Waals surface area contributed by atoms with Gasteiger partial charge in [-0.05, 0) is 80.9 Å². The number of hydrogen-bond acceptors (Lipinski definition) is 3. The van der Waals surface area contributed by atoms with Crippen LogP contribution in [0.25, 0.3) is 0 Å². The van der Waals surface area contributed by atoms with Gasteiger partial charge in [0.15, 0.2) is 6.29 Å². The third kappa shape index (κ3) is 6.13. The number of rotatable bonds is 9. The van der Waals surface area contributed by atoms with Gasteiger partial charge in [-0.1, -0.05) is 18.2 Å². The molecule has 2 fully saturated rings. The molecule has 1 aliphatic heterocycles. The van der Waals surface area contributed by atoms with E-state index >= 15 is 0 Å². The predicted molar refractivity (Wildman–Crippen MR) is 110 cm³/mol. The fourth-order valence-corrected chi connectivity index (χ4v) is 4.54. The minimum atomic E-state index is -0.187. The molecule has 2 aliphatic rings. The van der Waals surface area contributed by atoms with Crippen molar-refractivity contribution in [1.82, 2.24) is 0 Å². The van der Waals surface area contributed by atoms with Gasteiger partial charge in [0.25, 0.3) is 0 Å². The van der Waals surface area contributed by atoms with E-state index in [1.807, 2.05) is 18.2 Å².